The molecule has 0 aromatic carbocycles. The van der Waals surface area contributed by atoms with Crippen molar-refractivity contribution in [2.75, 3.05) is 0 Å². The molecule has 11 heavy (non-hydrogen) atoms. The molecular weight excluding hydrogens is 168 g/mol. The molecule has 0 bridgehead atoms. The van der Waals surface area contributed by atoms with E-state index in [1.165, 1.54) is 12.3 Å². The largest absolute Gasteiger partial charge is 0.264 e. The van der Waals surface area contributed by atoms with E-state index in [4.69, 9.17) is 11.6 Å². The Balaban J connectivity index is 2.74. The Labute approximate surface area is 68.0 Å². The predicted molar refractivity (Wildman–Crippen MR) is 39.9 cm³/mol. The summed E-state index contributed by atoms with van der Waals surface area (Å²) in [6.07, 6.45) is 1.39. The molecule has 0 unspecified atom stereocenters. The number of nitrogens with zero attached hydrogens (tertiary/aromatic N) is 2. The van der Waals surface area contributed by atoms with E-state index in [0.717, 1.165) is 0 Å². The maximum atomic E-state index is 10.00. The third kappa shape index (κ3) is 2.51. The fourth-order valence-corrected chi connectivity index (χ4v) is 0.761. The lowest BCUT2D eigenvalue weighted by molar-refractivity contribution is -0.496. The third-order valence-corrected chi connectivity index (χ3v) is 1.32. The molecule has 0 aliphatic rings. The highest BCUT2D eigenvalue weighted by Crippen LogP contribution is 2.05. The number of hydrogen-bond donors (Lipinski definition) is 0. The molecule has 0 N–H and O–H groups in total. The second-order valence-electron chi connectivity index (χ2n) is 1.98. The van der Waals surface area contributed by atoms with Crippen molar-refractivity contribution in [3.05, 3.63) is 39.2 Å². The fourth-order valence-electron chi connectivity index (χ4n) is 0.649. The Kier molecular flexibility index (Phi) is 2.38. The summed E-state index contributed by atoms with van der Waals surface area (Å²) in [5, 5.41) is 10.3. The van der Waals surface area contributed by atoms with Gasteiger partial charge in [0.2, 0.25) is 6.54 Å². The first-order chi connectivity index (χ1) is 5.18. The average molecular weight is 173 g/mol. The normalized spacial score (nSPS) is 9.55. The maximum Gasteiger partial charge on any atom is 0.230 e. The molecule has 0 aliphatic heterocycles. The zero-order valence-corrected chi connectivity index (χ0v) is 6.28. The monoisotopic (exact) mass is 172 g/mol. The first-order valence-electron chi connectivity index (χ1n) is 2.91. The van der Waals surface area contributed by atoms with Crippen LogP contribution in [0.15, 0.2) is 18.3 Å². The molecule has 1 aromatic heterocycles. The van der Waals surface area contributed by atoms with Crippen LogP contribution in [0.5, 0.6) is 0 Å². The van der Waals surface area contributed by atoms with E-state index in [-0.39, 0.29) is 6.54 Å². The van der Waals surface area contributed by atoms with Crippen molar-refractivity contribution >= 4 is 11.6 Å². The highest BCUT2D eigenvalue weighted by molar-refractivity contribution is 6.29. The maximum absolute atomic E-state index is 10.00. The van der Waals surface area contributed by atoms with Crippen molar-refractivity contribution in [3.63, 3.8) is 0 Å². The zero-order chi connectivity index (χ0) is 8.27. The van der Waals surface area contributed by atoms with E-state index < -0.39 is 4.92 Å². The van der Waals surface area contributed by atoms with Crippen LogP contribution in [0, 0.1) is 10.1 Å². The van der Waals surface area contributed by atoms with Crippen molar-refractivity contribution in [3.8, 4) is 0 Å². The van der Waals surface area contributed by atoms with Crippen LogP contribution in [-0.4, -0.2) is 9.91 Å². The number of hydrogen-bond acceptors (Lipinski definition) is 3. The van der Waals surface area contributed by atoms with Crippen LogP contribution in [0.25, 0.3) is 0 Å². The second-order valence-corrected chi connectivity index (χ2v) is 2.37. The number of nitro groups is 1. The summed E-state index contributed by atoms with van der Waals surface area (Å²) in [6.45, 7) is -0.204. The lowest BCUT2D eigenvalue weighted by atomic mass is 10.3. The lowest BCUT2D eigenvalue weighted by Gasteiger charge is -1.92. The minimum atomic E-state index is -0.412. The van der Waals surface area contributed by atoms with Gasteiger partial charge >= 0.3 is 0 Å². The molecule has 5 heteroatoms. The van der Waals surface area contributed by atoms with Gasteiger partial charge in [0.25, 0.3) is 0 Å². The van der Waals surface area contributed by atoms with Crippen LogP contribution in [0.1, 0.15) is 5.56 Å². The van der Waals surface area contributed by atoms with Gasteiger partial charge < -0.3 is 0 Å². The molecule has 0 saturated carbocycles. The molecule has 0 atom stereocenters. The summed E-state index contributed by atoms with van der Waals surface area (Å²) >= 11 is 5.47. The summed E-state index contributed by atoms with van der Waals surface area (Å²) in [7, 11) is 0. The number of rotatable bonds is 2. The van der Waals surface area contributed by atoms with Gasteiger partial charge in [0.05, 0.1) is 0 Å². The molecule has 1 rings (SSSR count). The molecule has 0 radical (unpaired) electrons. The molecule has 1 heterocycles. The van der Waals surface area contributed by atoms with E-state index in [2.05, 4.69) is 4.98 Å². The average Bonchev–Trinajstić information content (AvgIpc) is 1.93. The standard InChI is InChI=1S/C6H5ClN2O2/c7-6-2-1-5(3-8-6)4-9(10)11/h1-3H,4H2. The highest BCUT2D eigenvalue weighted by Gasteiger charge is 2.00. The first-order valence-corrected chi connectivity index (χ1v) is 3.28. The summed E-state index contributed by atoms with van der Waals surface area (Å²) in [5.41, 5.74) is 0.555. The Morgan fingerprint density at radius 2 is 2.36 bits per heavy atom. The Hall–Kier alpha value is -1.16. The third-order valence-electron chi connectivity index (χ3n) is 1.10. The van der Waals surface area contributed by atoms with Gasteiger partial charge in [-0.1, -0.05) is 11.6 Å². The van der Waals surface area contributed by atoms with Crippen LogP contribution < -0.4 is 0 Å². The van der Waals surface area contributed by atoms with Gasteiger partial charge in [0, 0.05) is 16.7 Å². The van der Waals surface area contributed by atoms with Gasteiger partial charge in [0.15, 0.2) is 0 Å². The van der Waals surface area contributed by atoms with Crippen LogP contribution >= 0.6 is 11.6 Å². The predicted octanol–water partition coefficient (Wildman–Crippen LogP) is 1.51. The molecule has 0 saturated heterocycles. The summed E-state index contributed by atoms with van der Waals surface area (Å²) in [6, 6.07) is 3.11. The number of aromatic nitrogens is 1. The van der Waals surface area contributed by atoms with Gasteiger partial charge in [-0.05, 0) is 12.1 Å². The van der Waals surface area contributed by atoms with E-state index in [1.54, 1.807) is 6.07 Å². The van der Waals surface area contributed by atoms with Crippen molar-refractivity contribution in [2.45, 2.75) is 6.54 Å². The summed E-state index contributed by atoms with van der Waals surface area (Å²) in [4.78, 5) is 13.3. The minimum absolute atomic E-state index is 0.204. The van der Waals surface area contributed by atoms with Gasteiger partial charge in [-0.25, -0.2) is 4.98 Å². The smallest absolute Gasteiger partial charge is 0.230 e. The minimum Gasteiger partial charge on any atom is -0.264 e. The molecule has 0 amide bonds. The quantitative estimate of drug-likeness (QED) is 0.386. The fraction of sp³-hybridized carbons (Fsp3) is 0.167. The molecule has 58 valence electrons. The van der Waals surface area contributed by atoms with Crippen molar-refractivity contribution in [1.82, 2.24) is 4.98 Å². The SMILES string of the molecule is O=[N+]([O-])Cc1ccc(Cl)nc1. The molecule has 1 aromatic rings. The Morgan fingerprint density at radius 3 is 2.82 bits per heavy atom. The van der Waals surface area contributed by atoms with E-state index >= 15 is 0 Å². The first kappa shape index (κ1) is 7.94. The van der Waals surface area contributed by atoms with Gasteiger partial charge in [-0.2, -0.15) is 0 Å². The Bertz CT molecular complexity index is 260. The molecule has 0 aliphatic carbocycles. The van der Waals surface area contributed by atoms with Crippen LogP contribution in [-0.2, 0) is 6.54 Å². The van der Waals surface area contributed by atoms with Crippen molar-refractivity contribution in [2.24, 2.45) is 0 Å². The van der Waals surface area contributed by atoms with Crippen LogP contribution in [0.3, 0.4) is 0 Å². The van der Waals surface area contributed by atoms with Gasteiger partial charge in [-0.15, -0.1) is 0 Å². The summed E-state index contributed by atoms with van der Waals surface area (Å²) < 4.78 is 0. The van der Waals surface area contributed by atoms with Crippen molar-refractivity contribution in [1.29, 1.82) is 0 Å². The molecule has 0 spiro atoms. The molecule has 0 fully saturated rings. The summed E-state index contributed by atoms with van der Waals surface area (Å²) in [5.74, 6) is 0. The number of pyridine rings is 1. The second kappa shape index (κ2) is 3.30. The lowest BCUT2D eigenvalue weighted by Crippen LogP contribution is -1.97. The molecule has 4 nitrogen and oxygen atoms in total. The van der Waals surface area contributed by atoms with E-state index in [0.29, 0.717) is 10.7 Å². The topological polar surface area (TPSA) is 56.0 Å². The Morgan fingerprint density at radius 1 is 1.64 bits per heavy atom. The van der Waals surface area contributed by atoms with E-state index in [9.17, 15) is 10.1 Å². The highest BCUT2D eigenvalue weighted by atomic mass is 35.5. The van der Waals surface area contributed by atoms with Gasteiger partial charge in [0.1, 0.15) is 5.15 Å². The van der Waals surface area contributed by atoms with Crippen molar-refractivity contribution < 1.29 is 4.92 Å². The van der Waals surface area contributed by atoms with E-state index in [1.807, 2.05) is 0 Å². The van der Waals surface area contributed by atoms with Gasteiger partial charge in [-0.3, -0.25) is 10.1 Å². The van der Waals surface area contributed by atoms with Crippen LogP contribution in [0.4, 0.5) is 0 Å². The zero-order valence-electron chi connectivity index (χ0n) is 5.53. The van der Waals surface area contributed by atoms with Crippen LogP contribution in [0.2, 0.25) is 5.15 Å². The number of halogens is 1. The molecular formula is C6H5ClN2O2.